The second kappa shape index (κ2) is 7.44. The van der Waals surface area contributed by atoms with Crippen molar-refractivity contribution in [1.82, 2.24) is 15.5 Å². The highest BCUT2D eigenvalue weighted by molar-refractivity contribution is 5.68. The number of alkyl carbamates (subject to hydrolysis) is 1. The van der Waals surface area contributed by atoms with Crippen molar-refractivity contribution in [3.63, 3.8) is 0 Å². The first-order valence-corrected chi connectivity index (χ1v) is 7.67. The van der Waals surface area contributed by atoms with Crippen molar-refractivity contribution >= 4 is 6.09 Å². The fourth-order valence-electron chi connectivity index (χ4n) is 2.07. The van der Waals surface area contributed by atoms with E-state index in [1.807, 2.05) is 31.2 Å². The normalized spacial score (nSPS) is 12.7. The molecule has 0 radical (unpaired) electrons. The van der Waals surface area contributed by atoms with Crippen molar-refractivity contribution in [1.29, 1.82) is 0 Å². The Morgan fingerprint density at radius 2 is 2.12 bits per heavy atom. The van der Waals surface area contributed by atoms with Crippen molar-refractivity contribution < 1.29 is 18.8 Å². The van der Waals surface area contributed by atoms with Gasteiger partial charge < -0.3 is 19.3 Å². The van der Waals surface area contributed by atoms with E-state index in [9.17, 15) is 4.79 Å². The van der Waals surface area contributed by atoms with Gasteiger partial charge in [-0.05, 0) is 33.8 Å². The smallest absolute Gasteiger partial charge is 0.408 e. The van der Waals surface area contributed by atoms with Crippen molar-refractivity contribution in [3.05, 3.63) is 35.7 Å². The Morgan fingerprint density at radius 1 is 1.38 bits per heavy atom. The quantitative estimate of drug-likeness (QED) is 0.904. The molecule has 0 saturated heterocycles. The van der Waals surface area contributed by atoms with Gasteiger partial charge in [0.15, 0.2) is 0 Å². The van der Waals surface area contributed by atoms with Gasteiger partial charge >= 0.3 is 6.09 Å². The number of ether oxygens (including phenoxy) is 2. The number of aryl methyl sites for hydroxylation is 1. The van der Waals surface area contributed by atoms with Crippen LogP contribution in [0.5, 0.6) is 0 Å². The van der Waals surface area contributed by atoms with Crippen LogP contribution in [0.3, 0.4) is 0 Å². The molecule has 0 aliphatic heterocycles. The summed E-state index contributed by atoms with van der Waals surface area (Å²) in [6, 6.07) is 7.18. The lowest BCUT2D eigenvalue weighted by atomic mass is 10.1. The molecule has 7 nitrogen and oxygen atoms in total. The van der Waals surface area contributed by atoms with Crippen LogP contribution in [0.4, 0.5) is 4.79 Å². The van der Waals surface area contributed by atoms with Crippen LogP contribution >= 0.6 is 0 Å². The third kappa shape index (κ3) is 5.06. The molecule has 2 rings (SSSR count). The van der Waals surface area contributed by atoms with Gasteiger partial charge in [0.1, 0.15) is 11.6 Å². The number of rotatable bonds is 5. The summed E-state index contributed by atoms with van der Waals surface area (Å²) in [7, 11) is 1.53. The second-order valence-corrected chi connectivity index (χ2v) is 6.48. The molecule has 1 heterocycles. The van der Waals surface area contributed by atoms with Gasteiger partial charge in [-0.1, -0.05) is 28.9 Å². The van der Waals surface area contributed by atoms with Gasteiger partial charge in [0.05, 0.1) is 6.61 Å². The first kappa shape index (κ1) is 17.9. The Kier molecular flexibility index (Phi) is 5.56. The Bertz CT molecular complexity index is 691. The van der Waals surface area contributed by atoms with E-state index in [-0.39, 0.29) is 12.5 Å². The molecule has 0 aliphatic rings. The fourth-order valence-corrected chi connectivity index (χ4v) is 2.07. The standard InChI is InChI=1S/C17H23N3O4/c1-11-7-6-8-12(9-11)14-19-15(24-20-14)13(10-22-5)18-16(21)23-17(2,3)4/h6-9,13H,10H2,1-5H3,(H,18,21). The predicted octanol–water partition coefficient (Wildman–Crippen LogP) is 3.26. The highest BCUT2D eigenvalue weighted by atomic mass is 16.6. The number of nitrogens with one attached hydrogen (secondary N) is 1. The maximum absolute atomic E-state index is 12.0. The minimum atomic E-state index is -0.594. The second-order valence-electron chi connectivity index (χ2n) is 6.48. The minimum Gasteiger partial charge on any atom is -0.444 e. The highest BCUT2D eigenvalue weighted by Crippen LogP contribution is 2.20. The largest absolute Gasteiger partial charge is 0.444 e. The van der Waals surface area contributed by atoms with E-state index in [1.165, 1.54) is 7.11 Å². The van der Waals surface area contributed by atoms with Crippen LogP contribution in [0.1, 0.15) is 38.3 Å². The summed E-state index contributed by atoms with van der Waals surface area (Å²) >= 11 is 0. The van der Waals surface area contributed by atoms with E-state index in [4.69, 9.17) is 14.0 Å². The van der Waals surface area contributed by atoms with Gasteiger partial charge in [0, 0.05) is 12.7 Å². The van der Waals surface area contributed by atoms with Gasteiger partial charge in [0.2, 0.25) is 5.82 Å². The Hall–Kier alpha value is -2.41. The molecule has 0 bridgehead atoms. The zero-order valence-corrected chi connectivity index (χ0v) is 14.6. The number of hydrogen-bond acceptors (Lipinski definition) is 6. The lowest BCUT2D eigenvalue weighted by molar-refractivity contribution is 0.0449. The Morgan fingerprint density at radius 3 is 2.75 bits per heavy atom. The maximum atomic E-state index is 12.0. The topological polar surface area (TPSA) is 86.5 Å². The average Bonchev–Trinajstić information content (AvgIpc) is 2.94. The molecule has 2 aromatic rings. The number of hydrogen-bond donors (Lipinski definition) is 1. The summed E-state index contributed by atoms with van der Waals surface area (Å²) in [4.78, 5) is 16.3. The van der Waals surface area contributed by atoms with Crippen molar-refractivity contribution in [2.45, 2.75) is 39.3 Å². The van der Waals surface area contributed by atoms with Crippen LogP contribution in [0.2, 0.25) is 0 Å². The molecule has 0 spiro atoms. The molecule has 24 heavy (non-hydrogen) atoms. The molecule has 0 aliphatic carbocycles. The molecule has 0 fully saturated rings. The van der Waals surface area contributed by atoms with E-state index in [2.05, 4.69) is 15.5 Å². The molecule has 1 amide bonds. The Labute approximate surface area is 141 Å². The summed E-state index contributed by atoms with van der Waals surface area (Å²) in [6.07, 6.45) is -0.570. The van der Waals surface area contributed by atoms with Gasteiger partial charge in [-0.25, -0.2) is 4.79 Å². The van der Waals surface area contributed by atoms with E-state index in [1.54, 1.807) is 20.8 Å². The van der Waals surface area contributed by atoms with Crippen LogP contribution in [-0.2, 0) is 9.47 Å². The molecular weight excluding hydrogens is 310 g/mol. The number of aromatic nitrogens is 2. The lowest BCUT2D eigenvalue weighted by Crippen LogP contribution is -2.36. The summed E-state index contributed by atoms with van der Waals surface area (Å²) in [5, 5.41) is 6.66. The van der Waals surface area contributed by atoms with Gasteiger partial charge in [-0.15, -0.1) is 0 Å². The van der Waals surface area contributed by atoms with E-state index >= 15 is 0 Å². The van der Waals surface area contributed by atoms with Crippen LogP contribution in [0, 0.1) is 6.92 Å². The van der Waals surface area contributed by atoms with Crippen LogP contribution in [0.25, 0.3) is 11.4 Å². The third-order valence-electron chi connectivity index (χ3n) is 3.04. The van der Waals surface area contributed by atoms with E-state index < -0.39 is 17.7 Å². The molecule has 1 N–H and O–H groups in total. The zero-order chi connectivity index (χ0) is 17.7. The summed E-state index contributed by atoms with van der Waals surface area (Å²) in [5.74, 6) is 0.722. The Balaban J connectivity index is 2.15. The number of methoxy groups -OCH3 is 1. The molecule has 1 atom stereocenters. The number of amides is 1. The lowest BCUT2D eigenvalue weighted by Gasteiger charge is -2.21. The van der Waals surface area contributed by atoms with E-state index in [0.29, 0.717) is 5.82 Å². The maximum Gasteiger partial charge on any atom is 0.408 e. The van der Waals surface area contributed by atoms with Gasteiger partial charge in [-0.2, -0.15) is 4.98 Å². The van der Waals surface area contributed by atoms with Crippen LogP contribution in [-0.4, -0.2) is 35.6 Å². The zero-order valence-electron chi connectivity index (χ0n) is 14.6. The molecule has 1 unspecified atom stereocenters. The van der Waals surface area contributed by atoms with Crippen molar-refractivity contribution in [3.8, 4) is 11.4 Å². The van der Waals surface area contributed by atoms with E-state index in [0.717, 1.165) is 11.1 Å². The van der Waals surface area contributed by atoms with Crippen LogP contribution in [0.15, 0.2) is 28.8 Å². The monoisotopic (exact) mass is 333 g/mol. The number of carbonyl (C=O) groups is 1. The summed E-state index contributed by atoms with van der Waals surface area (Å²) in [6.45, 7) is 7.55. The summed E-state index contributed by atoms with van der Waals surface area (Å²) < 4.78 is 15.7. The molecule has 1 aromatic heterocycles. The molecule has 7 heteroatoms. The number of carbonyl (C=O) groups excluding carboxylic acids is 1. The number of nitrogens with zero attached hydrogens (tertiary/aromatic N) is 2. The minimum absolute atomic E-state index is 0.189. The van der Waals surface area contributed by atoms with Crippen molar-refractivity contribution in [2.24, 2.45) is 0 Å². The number of benzene rings is 1. The third-order valence-corrected chi connectivity index (χ3v) is 3.04. The summed E-state index contributed by atoms with van der Waals surface area (Å²) in [5.41, 5.74) is 1.35. The predicted molar refractivity (Wildman–Crippen MR) is 88.5 cm³/mol. The average molecular weight is 333 g/mol. The van der Waals surface area contributed by atoms with Gasteiger partial charge in [-0.3, -0.25) is 0 Å². The van der Waals surface area contributed by atoms with Crippen LogP contribution < -0.4 is 5.32 Å². The van der Waals surface area contributed by atoms with Crippen molar-refractivity contribution in [2.75, 3.05) is 13.7 Å². The first-order valence-electron chi connectivity index (χ1n) is 7.67. The molecule has 0 saturated carbocycles. The van der Waals surface area contributed by atoms with Gasteiger partial charge in [0.25, 0.3) is 5.89 Å². The molecular formula is C17H23N3O4. The highest BCUT2D eigenvalue weighted by Gasteiger charge is 2.25. The first-order chi connectivity index (χ1) is 11.3. The molecule has 1 aromatic carbocycles. The SMILES string of the molecule is COCC(NC(=O)OC(C)(C)C)c1nc(-c2cccc(C)c2)no1. The molecule has 130 valence electrons. The fraction of sp³-hybridized carbons (Fsp3) is 0.471.